The number of hydrogen-bond acceptors (Lipinski definition) is 5. The lowest BCUT2D eigenvalue weighted by molar-refractivity contribution is -0.121. The third kappa shape index (κ3) is 4.92. The molecule has 0 saturated heterocycles. The second-order valence-electron chi connectivity index (χ2n) is 6.38. The van der Waals surface area contributed by atoms with Gasteiger partial charge in [-0.1, -0.05) is 18.2 Å². The van der Waals surface area contributed by atoms with Gasteiger partial charge in [0.25, 0.3) is 5.91 Å². The molecule has 0 aliphatic rings. The zero-order valence-electron chi connectivity index (χ0n) is 16.0. The lowest BCUT2D eigenvalue weighted by Gasteiger charge is -2.11. The van der Waals surface area contributed by atoms with Gasteiger partial charge < -0.3 is 19.8 Å². The van der Waals surface area contributed by atoms with E-state index in [2.05, 4.69) is 10.6 Å². The van der Waals surface area contributed by atoms with Gasteiger partial charge in [0.1, 0.15) is 5.76 Å². The smallest absolute Gasteiger partial charge is 0.261 e. The normalized spacial score (nSPS) is 11.9. The first-order valence-corrected chi connectivity index (χ1v) is 10.2. The Morgan fingerprint density at radius 2 is 2.11 bits per heavy atom. The highest BCUT2D eigenvalue weighted by Crippen LogP contribution is 2.31. The predicted octanol–water partition coefficient (Wildman–Crippen LogP) is 4.28. The van der Waals surface area contributed by atoms with Crippen LogP contribution in [0.25, 0.3) is 11.0 Å². The highest BCUT2D eigenvalue weighted by molar-refractivity contribution is 7.12. The maximum Gasteiger partial charge on any atom is 0.261 e. The number of rotatable bonds is 9. The minimum Gasteiger partial charge on any atom is -0.490 e. The highest BCUT2D eigenvalue weighted by Gasteiger charge is 2.16. The van der Waals surface area contributed by atoms with E-state index in [9.17, 15) is 9.59 Å². The van der Waals surface area contributed by atoms with Crippen molar-refractivity contribution >= 4 is 34.1 Å². The maximum atomic E-state index is 12.2. The second-order valence-corrected chi connectivity index (χ2v) is 7.33. The fourth-order valence-corrected chi connectivity index (χ4v) is 3.51. The lowest BCUT2D eigenvalue weighted by Crippen LogP contribution is -2.28. The first-order valence-electron chi connectivity index (χ1n) is 9.34. The molecule has 2 heterocycles. The molecule has 0 bridgehead atoms. The number of benzene rings is 1. The number of hydrogen-bond donors (Lipinski definition) is 2. The van der Waals surface area contributed by atoms with Gasteiger partial charge in [0.15, 0.2) is 11.3 Å². The van der Waals surface area contributed by atoms with Gasteiger partial charge in [0.2, 0.25) is 5.91 Å². The summed E-state index contributed by atoms with van der Waals surface area (Å²) in [5.74, 6) is 1.20. The molecule has 2 aromatic heterocycles. The molecule has 0 saturated carbocycles. The van der Waals surface area contributed by atoms with Gasteiger partial charge in [-0.25, -0.2) is 0 Å². The zero-order chi connectivity index (χ0) is 19.9. The Morgan fingerprint density at radius 1 is 1.25 bits per heavy atom. The van der Waals surface area contributed by atoms with Crippen LogP contribution in [0, 0.1) is 0 Å². The molecule has 6 nitrogen and oxygen atoms in total. The van der Waals surface area contributed by atoms with Crippen molar-refractivity contribution < 1.29 is 18.7 Å². The van der Waals surface area contributed by atoms with Crippen LogP contribution >= 0.6 is 11.3 Å². The molecule has 0 aliphatic heterocycles. The van der Waals surface area contributed by atoms with E-state index in [4.69, 9.17) is 9.15 Å². The van der Waals surface area contributed by atoms with E-state index in [1.807, 2.05) is 49.6 Å². The number of carbonyl (C=O) groups is 2. The average molecular weight is 401 g/mol. The van der Waals surface area contributed by atoms with Crippen LogP contribution < -0.4 is 15.4 Å². The van der Waals surface area contributed by atoms with Crippen LogP contribution in [-0.4, -0.2) is 25.0 Å². The first-order chi connectivity index (χ1) is 13.6. The molecule has 0 radical (unpaired) electrons. The fourth-order valence-electron chi connectivity index (χ4n) is 2.87. The molecule has 1 unspecified atom stereocenters. The number of amides is 2. The Labute approximate surface area is 167 Å². The summed E-state index contributed by atoms with van der Waals surface area (Å²) in [4.78, 5) is 24.7. The maximum absolute atomic E-state index is 12.2. The number of fused-ring (bicyclic) bond motifs is 1. The van der Waals surface area contributed by atoms with E-state index in [0.717, 1.165) is 5.39 Å². The summed E-state index contributed by atoms with van der Waals surface area (Å²) in [7, 11) is 0. The van der Waals surface area contributed by atoms with Crippen LogP contribution in [0.15, 0.2) is 46.2 Å². The number of para-hydroxylation sites is 1. The van der Waals surface area contributed by atoms with E-state index < -0.39 is 0 Å². The molecule has 0 spiro atoms. The van der Waals surface area contributed by atoms with Crippen molar-refractivity contribution in [1.82, 2.24) is 10.6 Å². The summed E-state index contributed by atoms with van der Waals surface area (Å²) in [5, 5.41) is 8.56. The molecular weight excluding hydrogens is 376 g/mol. The lowest BCUT2D eigenvalue weighted by atomic mass is 10.2. The molecule has 2 N–H and O–H groups in total. The number of furan rings is 1. The molecule has 28 heavy (non-hydrogen) atoms. The number of carbonyl (C=O) groups excluding carboxylic acids is 2. The van der Waals surface area contributed by atoms with Gasteiger partial charge in [-0.05, 0) is 43.8 Å². The number of nitrogens with one attached hydrogen (secondary N) is 2. The third-order valence-corrected chi connectivity index (χ3v) is 5.11. The highest BCUT2D eigenvalue weighted by atomic mass is 32.1. The summed E-state index contributed by atoms with van der Waals surface area (Å²) >= 11 is 1.40. The predicted molar refractivity (Wildman–Crippen MR) is 110 cm³/mol. The van der Waals surface area contributed by atoms with E-state index in [1.54, 1.807) is 6.07 Å². The van der Waals surface area contributed by atoms with Gasteiger partial charge >= 0.3 is 0 Å². The standard InChI is InChI=1S/C21H24N2O4S/c1-3-26-16-8-4-7-15-13-17(27-20(15)16)14(2)23-19(24)10-5-11-22-21(25)18-9-6-12-28-18/h4,6-9,12-14H,3,5,10-11H2,1-2H3,(H,22,25)(H,23,24). The van der Waals surface area contributed by atoms with Crippen molar-refractivity contribution in [3.05, 3.63) is 52.4 Å². The SMILES string of the molecule is CCOc1cccc2cc(C(C)NC(=O)CCCNC(=O)c3cccs3)oc12. The van der Waals surface area contributed by atoms with Crippen molar-refractivity contribution in [2.45, 2.75) is 32.7 Å². The van der Waals surface area contributed by atoms with Crippen LogP contribution in [0.5, 0.6) is 5.75 Å². The van der Waals surface area contributed by atoms with Crippen LogP contribution in [-0.2, 0) is 4.79 Å². The van der Waals surface area contributed by atoms with Gasteiger partial charge in [0, 0.05) is 18.4 Å². The van der Waals surface area contributed by atoms with Crippen molar-refractivity contribution in [2.75, 3.05) is 13.2 Å². The molecule has 3 rings (SSSR count). The molecule has 1 aromatic carbocycles. The molecule has 7 heteroatoms. The Kier molecular flexibility index (Phi) is 6.71. The topological polar surface area (TPSA) is 80.6 Å². The van der Waals surface area contributed by atoms with Crippen molar-refractivity contribution in [3.8, 4) is 5.75 Å². The Bertz CT molecular complexity index is 933. The van der Waals surface area contributed by atoms with E-state index in [1.165, 1.54) is 11.3 Å². The summed E-state index contributed by atoms with van der Waals surface area (Å²) in [6, 6.07) is 11.0. The molecule has 1 atom stereocenters. The summed E-state index contributed by atoms with van der Waals surface area (Å²) < 4.78 is 11.5. The average Bonchev–Trinajstić information content (AvgIpc) is 3.35. The fraction of sp³-hybridized carbons (Fsp3) is 0.333. The molecule has 0 aliphatic carbocycles. The van der Waals surface area contributed by atoms with E-state index >= 15 is 0 Å². The summed E-state index contributed by atoms with van der Waals surface area (Å²) in [6.07, 6.45) is 0.907. The number of thiophene rings is 1. The Balaban J connectivity index is 1.48. The molecule has 3 aromatic rings. The van der Waals surface area contributed by atoms with Gasteiger partial charge in [-0.15, -0.1) is 11.3 Å². The van der Waals surface area contributed by atoms with E-state index in [0.29, 0.717) is 48.0 Å². The third-order valence-electron chi connectivity index (χ3n) is 4.24. The van der Waals surface area contributed by atoms with Gasteiger partial charge in [-0.3, -0.25) is 9.59 Å². The molecule has 2 amide bonds. The molecule has 148 valence electrons. The minimum atomic E-state index is -0.255. The van der Waals surface area contributed by atoms with Gasteiger partial charge in [0.05, 0.1) is 17.5 Å². The molecular formula is C21H24N2O4S. The first kappa shape index (κ1) is 19.9. The largest absolute Gasteiger partial charge is 0.490 e. The van der Waals surface area contributed by atoms with Crippen molar-refractivity contribution in [2.24, 2.45) is 0 Å². The quantitative estimate of drug-likeness (QED) is 0.525. The number of ether oxygens (including phenoxy) is 1. The van der Waals surface area contributed by atoms with Crippen molar-refractivity contribution in [1.29, 1.82) is 0 Å². The Hall–Kier alpha value is -2.80. The molecule has 0 fully saturated rings. The summed E-state index contributed by atoms with van der Waals surface area (Å²) in [6.45, 7) is 4.83. The second kappa shape index (κ2) is 9.41. The van der Waals surface area contributed by atoms with Crippen LogP contribution in [0.2, 0.25) is 0 Å². The van der Waals surface area contributed by atoms with Gasteiger partial charge in [-0.2, -0.15) is 0 Å². The summed E-state index contributed by atoms with van der Waals surface area (Å²) in [5.41, 5.74) is 0.691. The van der Waals surface area contributed by atoms with Crippen LogP contribution in [0.3, 0.4) is 0 Å². The Morgan fingerprint density at radius 3 is 2.86 bits per heavy atom. The van der Waals surface area contributed by atoms with Crippen molar-refractivity contribution in [3.63, 3.8) is 0 Å². The minimum absolute atomic E-state index is 0.0802. The van der Waals surface area contributed by atoms with Crippen LogP contribution in [0.1, 0.15) is 48.2 Å². The monoisotopic (exact) mass is 400 g/mol. The van der Waals surface area contributed by atoms with E-state index in [-0.39, 0.29) is 17.9 Å². The zero-order valence-corrected chi connectivity index (χ0v) is 16.8. The van der Waals surface area contributed by atoms with Crippen LogP contribution in [0.4, 0.5) is 0 Å².